The van der Waals surface area contributed by atoms with Gasteiger partial charge in [-0.15, -0.1) is 0 Å². The predicted molar refractivity (Wildman–Crippen MR) is 79.5 cm³/mol. The number of hydrogen-bond donors (Lipinski definition) is 2. The quantitative estimate of drug-likeness (QED) is 0.826. The SMILES string of the molecule is CCCc1cc(NCC2CCCNC2)nc(CC)n1. The van der Waals surface area contributed by atoms with Gasteiger partial charge in [-0.05, 0) is 38.3 Å². The molecule has 106 valence electrons. The van der Waals surface area contributed by atoms with E-state index in [1.54, 1.807) is 0 Å². The number of nitrogens with one attached hydrogen (secondary N) is 2. The molecule has 4 heteroatoms. The molecule has 0 amide bonds. The monoisotopic (exact) mass is 262 g/mol. The lowest BCUT2D eigenvalue weighted by Gasteiger charge is -2.23. The zero-order valence-corrected chi connectivity index (χ0v) is 12.2. The second kappa shape index (κ2) is 7.43. The predicted octanol–water partition coefficient (Wildman–Crippen LogP) is 2.40. The van der Waals surface area contributed by atoms with Crippen LogP contribution in [0.3, 0.4) is 0 Å². The van der Waals surface area contributed by atoms with Gasteiger partial charge < -0.3 is 10.6 Å². The first-order chi connectivity index (χ1) is 9.31. The van der Waals surface area contributed by atoms with Crippen LogP contribution in [0.2, 0.25) is 0 Å². The van der Waals surface area contributed by atoms with Crippen molar-refractivity contribution in [1.29, 1.82) is 0 Å². The molecule has 1 aromatic heterocycles. The standard InChI is InChI=1S/C15H26N4/c1-3-6-13-9-15(19-14(4-2)18-13)17-11-12-7-5-8-16-10-12/h9,12,16H,3-8,10-11H2,1-2H3,(H,17,18,19). The molecule has 1 atom stereocenters. The second-order valence-electron chi connectivity index (χ2n) is 5.36. The number of aryl methyl sites for hydroxylation is 2. The van der Waals surface area contributed by atoms with E-state index in [0.29, 0.717) is 0 Å². The highest BCUT2D eigenvalue weighted by Gasteiger charge is 2.13. The van der Waals surface area contributed by atoms with Gasteiger partial charge in [-0.1, -0.05) is 20.3 Å². The number of aromatic nitrogens is 2. The third-order valence-corrected chi connectivity index (χ3v) is 3.62. The second-order valence-corrected chi connectivity index (χ2v) is 5.36. The first-order valence-electron chi connectivity index (χ1n) is 7.63. The van der Waals surface area contributed by atoms with E-state index in [1.807, 2.05) is 0 Å². The molecule has 1 aromatic rings. The van der Waals surface area contributed by atoms with Crippen molar-refractivity contribution in [3.8, 4) is 0 Å². The van der Waals surface area contributed by atoms with Crippen molar-refractivity contribution in [2.24, 2.45) is 5.92 Å². The fraction of sp³-hybridized carbons (Fsp3) is 0.733. The minimum atomic E-state index is 0.725. The first-order valence-corrected chi connectivity index (χ1v) is 7.63. The van der Waals surface area contributed by atoms with Crippen molar-refractivity contribution < 1.29 is 0 Å². The highest BCUT2D eigenvalue weighted by Crippen LogP contribution is 2.13. The minimum absolute atomic E-state index is 0.725. The van der Waals surface area contributed by atoms with Crippen LogP contribution < -0.4 is 10.6 Å². The fourth-order valence-electron chi connectivity index (χ4n) is 2.53. The summed E-state index contributed by atoms with van der Waals surface area (Å²) in [6.45, 7) is 7.61. The molecular weight excluding hydrogens is 236 g/mol. The fourth-order valence-corrected chi connectivity index (χ4v) is 2.53. The molecule has 1 aliphatic rings. The van der Waals surface area contributed by atoms with Crippen molar-refractivity contribution in [3.05, 3.63) is 17.6 Å². The Kier molecular flexibility index (Phi) is 5.58. The molecular formula is C15H26N4. The van der Waals surface area contributed by atoms with Crippen LogP contribution in [0.25, 0.3) is 0 Å². The van der Waals surface area contributed by atoms with Gasteiger partial charge in [0.1, 0.15) is 11.6 Å². The minimum Gasteiger partial charge on any atom is -0.370 e. The summed E-state index contributed by atoms with van der Waals surface area (Å²) in [5.41, 5.74) is 1.17. The molecule has 0 radical (unpaired) electrons. The Morgan fingerprint density at radius 2 is 2.26 bits per heavy atom. The topological polar surface area (TPSA) is 49.8 Å². The number of rotatable bonds is 6. The van der Waals surface area contributed by atoms with Crippen LogP contribution in [-0.2, 0) is 12.8 Å². The van der Waals surface area contributed by atoms with Gasteiger partial charge in [-0.25, -0.2) is 9.97 Å². The van der Waals surface area contributed by atoms with Gasteiger partial charge in [0, 0.05) is 24.7 Å². The van der Waals surface area contributed by atoms with E-state index in [4.69, 9.17) is 0 Å². The van der Waals surface area contributed by atoms with Crippen molar-refractivity contribution in [2.75, 3.05) is 25.0 Å². The molecule has 1 saturated heterocycles. The van der Waals surface area contributed by atoms with E-state index < -0.39 is 0 Å². The zero-order valence-electron chi connectivity index (χ0n) is 12.2. The molecule has 1 fully saturated rings. The summed E-state index contributed by atoms with van der Waals surface area (Å²) >= 11 is 0. The smallest absolute Gasteiger partial charge is 0.130 e. The van der Waals surface area contributed by atoms with E-state index in [0.717, 1.165) is 49.9 Å². The lowest BCUT2D eigenvalue weighted by Crippen LogP contribution is -2.33. The van der Waals surface area contributed by atoms with E-state index in [-0.39, 0.29) is 0 Å². The lowest BCUT2D eigenvalue weighted by molar-refractivity contribution is 0.392. The Morgan fingerprint density at radius 3 is 2.95 bits per heavy atom. The van der Waals surface area contributed by atoms with Crippen LogP contribution in [0.4, 0.5) is 5.82 Å². The summed E-state index contributed by atoms with van der Waals surface area (Å²) in [6, 6.07) is 2.11. The third kappa shape index (κ3) is 4.46. The number of nitrogens with zero attached hydrogens (tertiary/aromatic N) is 2. The van der Waals surface area contributed by atoms with Crippen LogP contribution in [0.1, 0.15) is 44.6 Å². The Balaban J connectivity index is 1.95. The Hall–Kier alpha value is -1.16. The number of hydrogen-bond acceptors (Lipinski definition) is 4. The summed E-state index contributed by atoms with van der Waals surface area (Å²) in [7, 11) is 0. The van der Waals surface area contributed by atoms with Gasteiger partial charge in [0.25, 0.3) is 0 Å². The molecule has 0 aliphatic carbocycles. The lowest BCUT2D eigenvalue weighted by atomic mass is 10.00. The van der Waals surface area contributed by atoms with E-state index in [9.17, 15) is 0 Å². The Bertz CT molecular complexity index is 386. The van der Waals surface area contributed by atoms with E-state index in [2.05, 4.69) is 40.5 Å². The van der Waals surface area contributed by atoms with Gasteiger partial charge in [0.2, 0.25) is 0 Å². The molecule has 2 heterocycles. The van der Waals surface area contributed by atoms with Gasteiger partial charge in [-0.3, -0.25) is 0 Å². The van der Waals surface area contributed by atoms with Crippen LogP contribution >= 0.6 is 0 Å². The first kappa shape index (κ1) is 14.3. The highest BCUT2D eigenvalue weighted by atomic mass is 15.0. The van der Waals surface area contributed by atoms with Crippen molar-refractivity contribution in [2.45, 2.75) is 46.0 Å². The van der Waals surface area contributed by atoms with Crippen LogP contribution in [0.5, 0.6) is 0 Å². The van der Waals surface area contributed by atoms with E-state index >= 15 is 0 Å². The van der Waals surface area contributed by atoms with Crippen LogP contribution in [0.15, 0.2) is 6.07 Å². The molecule has 2 rings (SSSR count). The highest BCUT2D eigenvalue weighted by molar-refractivity contribution is 5.36. The van der Waals surface area contributed by atoms with Crippen LogP contribution in [-0.4, -0.2) is 29.6 Å². The molecule has 0 saturated carbocycles. The summed E-state index contributed by atoms with van der Waals surface area (Å²) in [4.78, 5) is 9.15. The van der Waals surface area contributed by atoms with E-state index in [1.165, 1.54) is 25.1 Å². The molecule has 0 bridgehead atoms. The molecule has 2 N–H and O–H groups in total. The van der Waals surface area contributed by atoms with Crippen molar-refractivity contribution in [3.63, 3.8) is 0 Å². The summed E-state index contributed by atoms with van der Waals surface area (Å²) in [5, 5.41) is 6.95. The maximum absolute atomic E-state index is 4.58. The summed E-state index contributed by atoms with van der Waals surface area (Å²) < 4.78 is 0. The average Bonchev–Trinajstić information content (AvgIpc) is 2.46. The largest absolute Gasteiger partial charge is 0.370 e. The maximum atomic E-state index is 4.58. The normalized spacial score (nSPS) is 19.4. The number of piperidine rings is 1. The summed E-state index contributed by atoms with van der Waals surface area (Å²) in [6.07, 6.45) is 5.67. The summed E-state index contributed by atoms with van der Waals surface area (Å²) in [5.74, 6) is 2.68. The molecule has 0 spiro atoms. The van der Waals surface area contributed by atoms with Crippen molar-refractivity contribution >= 4 is 5.82 Å². The molecule has 1 aliphatic heterocycles. The number of anilines is 1. The van der Waals surface area contributed by atoms with Crippen molar-refractivity contribution in [1.82, 2.24) is 15.3 Å². The molecule has 19 heavy (non-hydrogen) atoms. The molecule has 4 nitrogen and oxygen atoms in total. The molecule has 1 unspecified atom stereocenters. The van der Waals surface area contributed by atoms with Crippen LogP contribution in [0, 0.1) is 5.92 Å². The Morgan fingerprint density at radius 1 is 1.37 bits per heavy atom. The van der Waals surface area contributed by atoms with Gasteiger partial charge in [-0.2, -0.15) is 0 Å². The molecule has 0 aromatic carbocycles. The zero-order chi connectivity index (χ0) is 13.5. The third-order valence-electron chi connectivity index (χ3n) is 3.62. The maximum Gasteiger partial charge on any atom is 0.130 e. The van der Waals surface area contributed by atoms with Gasteiger partial charge in [0.15, 0.2) is 0 Å². The van der Waals surface area contributed by atoms with Gasteiger partial charge >= 0.3 is 0 Å². The average molecular weight is 262 g/mol. The Labute approximate surface area is 116 Å². The van der Waals surface area contributed by atoms with Gasteiger partial charge in [0.05, 0.1) is 0 Å².